The van der Waals surface area contributed by atoms with Crippen LogP contribution in [-0.2, 0) is 0 Å². The van der Waals surface area contributed by atoms with Gasteiger partial charge in [-0.3, -0.25) is 0 Å². The molecule has 0 fully saturated rings. The highest BCUT2D eigenvalue weighted by Crippen LogP contribution is 2.22. The van der Waals surface area contributed by atoms with Gasteiger partial charge in [0.1, 0.15) is 0 Å². The van der Waals surface area contributed by atoms with Crippen LogP contribution in [0.5, 0.6) is 0 Å². The van der Waals surface area contributed by atoms with E-state index in [-0.39, 0.29) is 0 Å². The van der Waals surface area contributed by atoms with Crippen LogP contribution in [0.2, 0.25) is 0 Å². The molecule has 3 heteroatoms. The number of nitrogen functional groups attached to an aromatic ring is 2. The van der Waals surface area contributed by atoms with Crippen LogP contribution in [-0.4, -0.2) is 0 Å². The van der Waals surface area contributed by atoms with Crippen LogP contribution >= 0.6 is 11.3 Å². The van der Waals surface area contributed by atoms with Gasteiger partial charge in [-0.15, -0.1) is 11.3 Å². The molecule has 3 rings (SSSR count). The predicted molar refractivity (Wildman–Crippen MR) is 104 cm³/mol. The molecule has 0 amide bonds. The maximum atomic E-state index is 5.69. The second-order valence-electron chi connectivity index (χ2n) is 5.24. The van der Waals surface area contributed by atoms with Gasteiger partial charge in [-0.1, -0.05) is 36.4 Å². The first-order valence-electron chi connectivity index (χ1n) is 7.36. The molecule has 0 spiro atoms. The zero-order valence-corrected chi connectivity index (χ0v) is 13.5. The average molecular weight is 318 g/mol. The van der Waals surface area contributed by atoms with Crippen molar-refractivity contribution in [3.8, 4) is 0 Å². The summed E-state index contributed by atoms with van der Waals surface area (Å²) >= 11 is 1.75. The highest BCUT2D eigenvalue weighted by Gasteiger charge is 1.95. The summed E-state index contributed by atoms with van der Waals surface area (Å²) in [6.45, 7) is 0. The maximum Gasteiger partial charge on any atom is 0.0314 e. The number of anilines is 2. The van der Waals surface area contributed by atoms with Gasteiger partial charge in [0.05, 0.1) is 0 Å². The molecule has 0 saturated carbocycles. The van der Waals surface area contributed by atoms with Crippen LogP contribution in [0.25, 0.3) is 24.3 Å². The number of benzene rings is 2. The topological polar surface area (TPSA) is 52.0 Å². The summed E-state index contributed by atoms with van der Waals surface area (Å²) in [5.74, 6) is 0. The molecule has 2 nitrogen and oxygen atoms in total. The van der Waals surface area contributed by atoms with E-state index in [2.05, 4.69) is 36.4 Å². The van der Waals surface area contributed by atoms with E-state index in [0.717, 1.165) is 22.5 Å². The molecular weight excluding hydrogens is 300 g/mol. The lowest BCUT2D eigenvalue weighted by Crippen LogP contribution is -1.82. The fourth-order valence-electron chi connectivity index (χ4n) is 2.12. The Morgan fingerprint density at radius 1 is 0.522 bits per heavy atom. The number of thiophene rings is 1. The zero-order chi connectivity index (χ0) is 16.1. The van der Waals surface area contributed by atoms with E-state index in [0.29, 0.717) is 0 Å². The van der Waals surface area contributed by atoms with Crippen molar-refractivity contribution >= 4 is 47.0 Å². The molecule has 0 aliphatic rings. The summed E-state index contributed by atoms with van der Waals surface area (Å²) < 4.78 is 0. The van der Waals surface area contributed by atoms with Gasteiger partial charge in [-0.25, -0.2) is 0 Å². The molecule has 0 aliphatic heterocycles. The van der Waals surface area contributed by atoms with Crippen LogP contribution in [0.3, 0.4) is 0 Å². The number of nitrogens with two attached hydrogens (primary N) is 2. The molecule has 2 aromatic carbocycles. The summed E-state index contributed by atoms with van der Waals surface area (Å²) in [5, 5.41) is 0. The Labute approximate surface area is 140 Å². The van der Waals surface area contributed by atoms with Gasteiger partial charge in [0.25, 0.3) is 0 Å². The summed E-state index contributed by atoms with van der Waals surface area (Å²) in [5.41, 5.74) is 15.2. The molecule has 23 heavy (non-hydrogen) atoms. The Morgan fingerprint density at radius 2 is 0.913 bits per heavy atom. The van der Waals surface area contributed by atoms with Gasteiger partial charge < -0.3 is 11.5 Å². The van der Waals surface area contributed by atoms with Crippen molar-refractivity contribution in [1.29, 1.82) is 0 Å². The third kappa shape index (κ3) is 4.34. The predicted octanol–water partition coefficient (Wildman–Crippen LogP) is 5.25. The van der Waals surface area contributed by atoms with E-state index in [1.165, 1.54) is 9.75 Å². The molecule has 0 saturated heterocycles. The third-order valence-corrected chi connectivity index (χ3v) is 4.42. The monoisotopic (exact) mass is 318 g/mol. The SMILES string of the molecule is Nc1ccc(C=Cc2ccc(C=Cc3ccc(N)cc3)s2)cc1. The minimum atomic E-state index is 0.786. The van der Waals surface area contributed by atoms with Crippen molar-refractivity contribution in [2.45, 2.75) is 0 Å². The first-order valence-corrected chi connectivity index (χ1v) is 8.18. The molecule has 114 valence electrons. The molecule has 0 atom stereocenters. The highest BCUT2D eigenvalue weighted by atomic mass is 32.1. The van der Waals surface area contributed by atoms with E-state index in [9.17, 15) is 0 Å². The van der Waals surface area contributed by atoms with Gasteiger partial charge in [-0.2, -0.15) is 0 Å². The van der Waals surface area contributed by atoms with Gasteiger partial charge >= 0.3 is 0 Å². The van der Waals surface area contributed by atoms with Gasteiger partial charge in [0.15, 0.2) is 0 Å². The van der Waals surface area contributed by atoms with Crippen LogP contribution in [0.15, 0.2) is 60.7 Å². The minimum absolute atomic E-state index is 0.786. The number of hydrogen-bond donors (Lipinski definition) is 2. The van der Waals surface area contributed by atoms with E-state index in [4.69, 9.17) is 11.5 Å². The molecule has 3 aromatic rings. The second kappa shape index (κ2) is 6.99. The fourth-order valence-corrected chi connectivity index (χ4v) is 2.94. The van der Waals surface area contributed by atoms with Crippen LogP contribution in [0.1, 0.15) is 20.9 Å². The smallest absolute Gasteiger partial charge is 0.0314 e. The minimum Gasteiger partial charge on any atom is -0.399 e. The summed E-state index contributed by atoms with van der Waals surface area (Å²) in [6.07, 6.45) is 8.44. The lowest BCUT2D eigenvalue weighted by Gasteiger charge is -1.94. The molecule has 0 bridgehead atoms. The largest absolute Gasteiger partial charge is 0.399 e. The van der Waals surface area contributed by atoms with Crippen molar-refractivity contribution in [3.05, 3.63) is 81.5 Å². The Bertz CT molecular complexity index is 755. The maximum absolute atomic E-state index is 5.69. The summed E-state index contributed by atoms with van der Waals surface area (Å²) in [4.78, 5) is 2.44. The molecular formula is C20H18N2S. The fraction of sp³-hybridized carbons (Fsp3) is 0. The van der Waals surface area contributed by atoms with E-state index >= 15 is 0 Å². The van der Waals surface area contributed by atoms with E-state index in [1.807, 2.05) is 48.5 Å². The van der Waals surface area contributed by atoms with Crippen molar-refractivity contribution in [2.24, 2.45) is 0 Å². The quantitative estimate of drug-likeness (QED) is 0.645. The Balaban J connectivity index is 1.68. The third-order valence-electron chi connectivity index (χ3n) is 3.40. The van der Waals surface area contributed by atoms with Gasteiger partial charge in [0, 0.05) is 21.1 Å². The number of hydrogen-bond acceptors (Lipinski definition) is 3. The molecule has 1 heterocycles. The Hall–Kier alpha value is -2.78. The normalized spacial score (nSPS) is 11.5. The highest BCUT2D eigenvalue weighted by molar-refractivity contribution is 7.13. The zero-order valence-electron chi connectivity index (χ0n) is 12.6. The molecule has 4 N–H and O–H groups in total. The van der Waals surface area contributed by atoms with Crippen molar-refractivity contribution in [1.82, 2.24) is 0 Å². The first kappa shape index (κ1) is 15.1. The lowest BCUT2D eigenvalue weighted by atomic mass is 10.2. The lowest BCUT2D eigenvalue weighted by molar-refractivity contribution is 1.65. The van der Waals surface area contributed by atoms with E-state index < -0.39 is 0 Å². The first-order chi connectivity index (χ1) is 11.2. The van der Waals surface area contributed by atoms with Gasteiger partial charge in [-0.05, 0) is 59.7 Å². The summed E-state index contributed by atoms with van der Waals surface area (Å²) in [7, 11) is 0. The Kier molecular flexibility index (Phi) is 4.60. The van der Waals surface area contributed by atoms with Crippen LogP contribution in [0, 0.1) is 0 Å². The van der Waals surface area contributed by atoms with Crippen LogP contribution < -0.4 is 11.5 Å². The number of rotatable bonds is 4. The molecule has 0 unspecified atom stereocenters. The van der Waals surface area contributed by atoms with Crippen molar-refractivity contribution < 1.29 is 0 Å². The van der Waals surface area contributed by atoms with Gasteiger partial charge in [0.2, 0.25) is 0 Å². The van der Waals surface area contributed by atoms with Crippen molar-refractivity contribution in [3.63, 3.8) is 0 Å². The van der Waals surface area contributed by atoms with Crippen molar-refractivity contribution in [2.75, 3.05) is 11.5 Å². The summed E-state index contributed by atoms with van der Waals surface area (Å²) in [6, 6.07) is 20.0. The van der Waals surface area contributed by atoms with E-state index in [1.54, 1.807) is 11.3 Å². The Morgan fingerprint density at radius 3 is 1.30 bits per heavy atom. The standard InChI is InChI=1S/C20H18N2S/c21-17-7-1-15(2-8-17)5-11-19-13-14-20(23-19)12-6-16-3-9-18(22)10-4-16/h1-14H,21-22H2. The molecule has 0 radical (unpaired) electrons. The second-order valence-corrected chi connectivity index (χ2v) is 6.39. The molecule has 1 aromatic heterocycles. The molecule has 0 aliphatic carbocycles. The van der Waals surface area contributed by atoms with Crippen LogP contribution in [0.4, 0.5) is 11.4 Å². The average Bonchev–Trinajstić information content (AvgIpc) is 3.02.